The van der Waals surface area contributed by atoms with Gasteiger partial charge in [0.05, 0.1) is 12.1 Å². The first-order valence-electron chi connectivity index (χ1n) is 8.72. The molecule has 0 spiro atoms. The normalized spacial score (nSPS) is 11.3. The fourth-order valence-corrected chi connectivity index (χ4v) is 3.31. The summed E-state index contributed by atoms with van der Waals surface area (Å²) in [5.74, 6) is 1.45. The van der Waals surface area contributed by atoms with E-state index in [1.807, 2.05) is 54.3 Å². The van der Waals surface area contributed by atoms with Crippen LogP contribution in [0.5, 0.6) is 0 Å². The first kappa shape index (κ1) is 15.6. The van der Waals surface area contributed by atoms with E-state index in [4.69, 9.17) is 0 Å². The molecular weight excluding hydrogens is 336 g/mol. The van der Waals surface area contributed by atoms with Gasteiger partial charge in [-0.05, 0) is 42.1 Å². The van der Waals surface area contributed by atoms with E-state index >= 15 is 0 Å². The van der Waals surface area contributed by atoms with Crippen molar-refractivity contribution in [3.05, 3.63) is 78.6 Å². The van der Waals surface area contributed by atoms with E-state index < -0.39 is 0 Å². The van der Waals surface area contributed by atoms with Gasteiger partial charge in [0.25, 0.3) is 0 Å². The molecule has 6 heteroatoms. The molecule has 0 saturated carbocycles. The number of pyridine rings is 3. The summed E-state index contributed by atoms with van der Waals surface area (Å²) in [6.45, 7) is 2.47. The maximum absolute atomic E-state index is 4.63. The standard InChI is InChI=1S/C21H16N6/c1-14-25-21(20-18-12-22-8-6-16(18)7-9-23-20)27(26-14)13-15-10-17-4-2-3-5-19(17)24-11-15/h2-12H,13H2,1H3. The van der Waals surface area contributed by atoms with Crippen molar-refractivity contribution in [2.24, 2.45) is 0 Å². The molecule has 6 nitrogen and oxygen atoms in total. The summed E-state index contributed by atoms with van der Waals surface area (Å²) in [6.07, 6.45) is 7.29. The number of nitrogens with zero attached hydrogens (tertiary/aromatic N) is 6. The lowest BCUT2D eigenvalue weighted by Gasteiger charge is -2.08. The third-order valence-electron chi connectivity index (χ3n) is 4.54. The minimum atomic E-state index is 0.576. The zero-order chi connectivity index (χ0) is 18.2. The van der Waals surface area contributed by atoms with Crippen LogP contribution < -0.4 is 0 Å². The molecule has 130 valence electrons. The van der Waals surface area contributed by atoms with E-state index in [1.54, 1.807) is 12.4 Å². The van der Waals surface area contributed by atoms with E-state index in [-0.39, 0.29) is 0 Å². The van der Waals surface area contributed by atoms with Crippen molar-refractivity contribution in [3.63, 3.8) is 0 Å². The predicted molar refractivity (Wildman–Crippen MR) is 104 cm³/mol. The molecule has 4 aromatic heterocycles. The van der Waals surface area contributed by atoms with Crippen LogP contribution in [0.3, 0.4) is 0 Å². The molecule has 27 heavy (non-hydrogen) atoms. The lowest BCUT2D eigenvalue weighted by Crippen LogP contribution is -2.06. The number of aryl methyl sites for hydroxylation is 1. The van der Waals surface area contributed by atoms with Gasteiger partial charge in [-0.25, -0.2) is 9.67 Å². The molecule has 0 aliphatic heterocycles. The summed E-state index contributed by atoms with van der Waals surface area (Å²) in [6, 6.07) is 14.2. The Morgan fingerprint density at radius 2 is 1.81 bits per heavy atom. The van der Waals surface area contributed by atoms with Crippen LogP contribution in [0.1, 0.15) is 11.4 Å². The molecule has 0 unspecified atom stereocenters. The Kier molecular flexibility index (Phi) is 3.60. The Bertz CT molecular complexity index is 1270. The van der Waals surface area contributed by atoms with Gasteiger partial charge in [0.15, 0.2) is 5.82 Å². The Balaban J connectivity index is 1.61. The Labute approximate surface area is 155 Å². The largest absolute Gasteiger partial charge is 0.264 e. The summed E-state index contributed by atoms with van der Waals surface area (Å²) >= 11 is 0. The fourth-order valence-electron chi connectivity index (χ4n) is 3.31. The number of hydrogen-bond donors (Lipinski definition) is 0. The van der Waals surface area contributed by atoms with Gasteiger partial charge in [0, 0.05) is 35.6 Å². The molecule has 0 aliphatic rings. The average molecular weight is 352 g/mol. The Morgan fingerprint density at radius 1 is 0.926 bits per heavy atom. The first-order chi connectivity index (χ1) is 13.3. The van der Waals surface area contributed by atoms with E-state index in [0.717, 1.165) is 38.8 Å². The summed E-state index contributed by atoms with van der Waals surface area (Å²) in [4.78, 5) is 18.0. The van der Waals surface area contributed by atoms with E-state index in [9.17, 15) is 0 Å². The van der Waals surface area contributed by atoms with Crippen LogP contribution in [0.25, 0.3) is 33.2 Å². The van der Waals surface area contributed by atoms with E-state index in [2.05, 4.69) is 37.2 Å². The molecule has 0 aliphatic carbocycles. The van der Waals surface area contributed by atoms with Crippen molar-refractivity contribution in [3.8, 4) is 11.5 Å². The maximum Gasteiger partial charge on any atom is 0.178 e. The fraction of sp³-hybridized carbons (Fsp3) is 0.0952. The van der Waals surface area contributed by atoms with E-state index in [0.29, 0.717) is 12.4 Å². The van der Waals surface area contributed by atoms with Crippen LogP contribution in [0.4, 0.5) is 0 Å². The third-order valence-corrected chi connectivity index (χ3v) is 4.54. The maximum atomic E-state index is 4.63. The molecule has 0 fully saturated rings. The minimum absolute atomic E-state index is 0.576. The van der Waals surface area contributed by atoms with Crippen LogP contribution in [0.15, 0.2) is 67.3 Å². The predicted octanol–water partition coefficient (Wildman–Crippen LogP) is 3.79. The molecule has 5 rings (SSSR count). The smallest absolute Gasteiger partial charge is 0.178 e. The van der Waals surface area contributed by atoms with Crippen LogP contribution >= 0.6 is 0 Å². The number of aromatic nitrogens is 6. The summed E-state index contributed by atoms with van der Waals surface area (Å²) in [7, 11) is 0. The number of rotatable bonds is 3. The number of hydrogen-bond acceptors (Lipinski definition) is 5. The van der Waals surface area contributed by atoms with Crippen molar-refractivity contribution in [2.45, 2.75) is 13.5 Å². The highest BCUT2D eigenvalue weighted by atomic mass is 15.3. The molecule has 0 atom stereocenters. The van der Waals surface area contributed by atoms with Crippen LogP contribution in [0, 0.1) is 6.92 Å². The second-order valence-corrected chi connectivity index (χ2v) is 6.43. The van der Waals surface area contributed by atoms with Gasteiger partial charge >= 0.3 is 0 Å². The Morgan fingerprint density at radius 3 is 2.78 bits per heavy atom. The molecule has 0 bridgehead atoms. The summed E-state index contributed by atoms with van der Waals surface area (Å²) < 4.78 is 1.88. The van der Waals surface area contributed by atoms with Crippen molar-refractivity contribution < 1.29 is 0 Å². The van der Waals surface area contributed by atoms with Gasteiger partial charge < -0.3 is 0 Å². The van der Waals surface area contributed by atoms with Crippen LogP contribution in [-0.4, -0.2) is 29.7 Å². The highest BCUT2D eigenvalue weighted by molar-refractivity contribution is 5.92. The summed E-state index contributed by atoms with van der Waals surface area (Å²) in [5, 5.41) is 7.74. The SMILES string of the molecule is Cc1nc(-c2nccc3ccncc23)n(Cc2cnc3ccccc3c2)n1. The molecule has 1 aromatic carbocycles. The minimum Gasteiger partial charge on any atom is -0.264 e. The zero-order valence-electron chi connectivity index (χ0n) is 14.7. The lowest BCUT2D eigenvalue weighted by molar-refractivity contribution is 0.684. The molecular formula is C21H16N6. The quantitative estimate of drug-likeness (QED) is 0.494. The molecule has 0 saturated heterocycles. The molecule has 0 amide bonds. The van der Waals surface area contributed by atoms with Crippen molar-refractivity contribution in [2.75, 3.05) is 0 Å². The monoisotopic (exact) mass is 352 g/mol. The van der Waals surface area contributed by atoms with Gasteiger partial charge in [-0.3, -0.25) is 15.0 Å². The van der Waals surface area contributed by atoms with Gasteiger partial charge in [-0.1, -0.05) is 18.2 Å². The summed E-state index contributed by atoms with van der Waals surface area (Å²) in [5.41, 5.74) is 2.84. The topological polar surface area (TPSA) is 69.4 Å². The molecule has 0 radical (unpaired) electrons. The highest BCUT2D eigenvalue weighted by Crippen LogP contribution is 2.25. The van der Waals surface area contributed by atoms with Gasteiger partial charge in [0.1, 0.15) is 11.5 Å². The van der Waals surface area contributed by atoms with Gasteiger partial charge in [0.2, 0.25) is 0 Å². The van der Waals surface area contributed by atoms with Crippen molar-refractivity contribution in [1.29, 1.82) is 0 Å². The Hall–Kier alpha value is -3.67. The number of fused-ring (bicyclic) bond motifs is 2. The zero-order valence-corrected chi connectivity index (χ0v) is 14.7. The second kappa shape index (κ2) is 6.25. The molecule has 0 N–H and O–H groups in total. The van der Waals surface area contributed by atoms with Crippen LogP contribution in [-0.2, 0) is 6.54 Å². The van der Waals surface area contributed by atoms with Crippen LogP contribution in [0.2, 0.25) is 0 Å². The third kappa shape index (κ3) is 2.81. The molecule has 5 aromatic rings. The second-order valence-electron chi connectivity index (χ2n) is 6.43. The van der Waals surface area contributed by atoms with E-state index in [1.165, 1.54) is 0 Å². The molecule has 4 heterocycles. The highest BCUT2D eigenvalue weighted by Gasteiger charge is 2.15. The first-order valence-corrected chi connectivity index (χ1v) is 8.72. The number of para-hydroxylation sites is 1. The average Bonchev–Trinajstić information content (AvgIpc) is 3.07. The number of benzene rings is 1. The van der Waals surface area contributed by atoms with Crippen molar-refractivity contribution in [1.82, 2.24) is 29.7 Å². The van der Waals surface area contributed by atoms with Crippen molar-refractivity contribution >= 4 is 21.7 Å². The van der Waals surface area contributed by atoms with Gasteiger partial charge in [-0.15, -0.1) is 0 Å². The van der Waals surface area contributed by atoms with Gasteiger partial charge in [-0.2, -0.15) is 5.10 Å². The lowest BCUT2D eigenvalue weighted by atomic mass is 10.1.